The minimum absolute atomic E-state index is 0.0290. The zero-order valence-electron chi connectivity index (χ0n) is 12.0. The Morgan fingerprint density at radius 1 is 1.40 bits per heavy atom. The monoisotopic (exact) mass is 341 g/mol. The summed E-state index contributed by atoms with van der Waals surface area (Å²) >= 11 is 3.44. The SMILES string of the molecule is Cc1cc(CCC(=O)N(C)CC(C)C(=O)O)ccc1Br. The Hall–Kier alpha value is -1.36. The predicted molar refractivity (Wildman–Crippen MR) is 81.6 cm³/mol. The van der Waals surface area contributed by atoms with Gasteiger partial charge in [-0.3, -0.25) is 9.59 Å². The summed E-state index contributed by atoms with van der Waals surface area (Å²) in [5.41, 5.74) is 2.25. The van der Waals surface area contributed by atoms with Crippen LogP contribution in [0, 0.1) is 12.8 Å². The number of carboxylic acid groups (broad SMARTS) is 1. The Morgan fingerprint density at radius 3 is 2.60 bits per heavy atom. The van der Waals surface area contributed by atoms with Gasteiger partial charge in [-0.1, -0.05) is 35.0 Å². The number of carbonyl (C=O) groups excluding carboxylic acids is 1. The van der Waals surface area contributed by atoms with Crippen molar-refractivity contribution in [3.8, 4) is 0 Å². The van der Waals surface area contributed by atoms with Crippen LogP contribution in [-0.2, 0) is 16.0 Å². The van der Waals surface area contributed by atoms with E-state index in [9.17, 15) is 9.59 Å². The molecule has 1 unspecified atom stereocenters. The number of aliphatic carboxylic acids is 1. The molecule has 0 spiro atoms. The average Bonchev–Trinajstić information content (AvgIpc) is 2.39. The minimum atomic E-state index is -0.881. The lowest BCUT2D eigenvalue weighted by atomic mass is 10.1. The van der Waals surface area contributed by atoms with Gasteiger partial charge in [0.15, 0.2) is 0 Å². The van der Waals surface area contributed by atoms with E-state index in [-0.39, 0.29) is 12.5 Å². The third kappa shape index (κ3) is 4.96. The van der Waals surface area contributed by atoms with Gasteiger partial charge in [-0.15, -0.1) is 0 Å². The second-order valence-electron chi connectivity index (χ2n) is 5.10. The van der Waals surface area contributed by atoms with Crippen molar-refractivity contribution in [3.05, 3.63) is 33.8 Å². The van der Waals surface area contributed by atoms with Crippen molar-refractivity contribution in [2.45, 2.75) is 26.7 Å². The lowest BCUT2D eigenvalue weighted by Crippen LogP contribution is -2.33. The lowest BCUT2D eigenvalue weighted by molar-refractivity contribution is -0.142. The third-order valence-electron chi connectivity index (χ3n) is 3.24. The number of carbonyl (C=O) groups is 2. The fourth-order valence-electron chi connectivity index (χ4n) is 1.90. The number of hydrogen-bond acceptors (Lipinski definition) is 2. The molecule has 0 aliphatic carbocycles. The largest absolute Gasteiger partial charge is 0.481 e. The van der Waals surface area contributed by atoms with Gasteiger partial charge in [0.2, 0.25) is 5.91 Å². The first-order chi connectivity index (χ1) is 9.31. The average molecular weight is 342 g/mol. The highest BCUT2D eigenvalue weighted by Crippen LogP contribution is 2.18. The predicted octanol–water partition coefficient (Wildman–Crippen LogP) is 2.87. The van der Waals surface area contributed by atoms with Gasteiger partial charge in [-0.05, 0) is 30.5 Å². The standard InChI is InChI=1S/C15H20BrNO3/c1-10-8-12(4-6-13(10)16)5-7-14(18)17(3)9-11(2)15(19)20/h4,6,8,11H,5,7,9H2,1-3H3,(H,19,20). The number of rotatable bonds is 6. The number of carboxylic acids is 1. The molecule has 1 aromatic carbocycles. The Balaban J connectivity index is 2.50. The number of nitrogens with zero attached hydrogens (tertiary/aromatic N) is 1. The fourth-order valence-corrected chi connectivity index (χ4v) is 2.14. The van der Waals surface area contributed by atoms with Crippen LogP contribution in [-0.4, -0.2) is 35.5 Å². The van der Waals surface area contributed by atoms with Crippen molar-refractivity contribution in [2.75, 3.05) is 13.6 Å². The molecule has 0 saturated carbocycles. The molecular weight excluding hydrogens is 322 g/mol. The second kappa shape index (κ2) is 7.43. The number of amides is 1. The zero-order chi connectivity index (χ0) is 15.3. The maximum Gasteiger partial charge on any atom is 0.308 e. The maximum absolute atomic E-state index is 12.0. The van der Waals surface area contributed by atoms with Crippen molar-refractivity contribution in [2.24, 2.45) is 5.92 Å². The Morgan fingerprint density at radius 2 is 2.05 bits per heavy atom. The molecule has 5 heteroatoms. The molecule has 1 aromatic rings. The van der Waals surface area contributed by atoms with Gasteiger partial charge in [0, 0.05) is 24.5 Å². The molecule has 20 heavy (non-hydrogen) atoms. The van der Waals surface area contributed by atoms with E-state index in [1.54, 1.807) is 14.0 Å². The van der Waals surface area contributed by atoms with E-state index in [4.69, 9.17) is 5.11 Å². The van der Waals surface area contributed by atoms with Crippen LogP contribution in [0.25, 0.3) is 0 Å². The Bertz CT molecular complexity index is 502. The van der Waals surface area contributed by atoms with E-state index in [1.807, 2.05) is 19.1 Å². The van der Waals surface area contributed by atoms with Gasteiger partial charge >= 0.3 is 5.97 Å². The molecule has 0 saturated heterocycles. The molecular formula is C15H20BrNO3. The van der Waals surface area contributed by atoms with Crippen LogP contribution in [0.5, 0.6) is 0 Å². The molecule has 1 rings (SSSR count). The Kier molecular flexibility index (Phi) is 6.20. The summed E-state index contributed by atoms with van der Waals surface area (Å²) in [4.78, 5) is 24.2. The van der Waals surface area contributed by atoms with Gasteiger partial charge in [0.05, 0.1) is 5.92 Å². The van der Waals surface area contributed by atoms with Gasteiger partial charge in [-0.25, -0.2) is 0 Å². The summed E-state index contributed by atoms with van der Waals surface area (Å²) < 4.78 is 1.06. The van der Waals surface area contributed by atoms with E-state index in [2.05, 4.69) is 22.0 Å². The molecule has 110 valence electrons. The van der Waals surface area contributed by atoms with Crippen LogP contribution in [0.3, 0.4) is 0 Å². The molecule has 1 N–H and O–H groups in total. The van der Waals surface area contributed by atoms with Crippen LogP contribution < -0.4 is 0 Å². The van der Waals surface area contributed by atoms with Crippen LogP contribution in [0.15, 0.2) is 22.7 Å². The first-order valence-electron chi connectivity index (χ1n) is 6.53. The summed E-state index contributed by atoms with van der Waals surface area (Å²) in [6.45, 7) is 3.85. The first kappa shape index (κ1) is 16.7. The fraction of sp³-hybridized carbons (Fsp3) is 0.467. The van der Waals surface area contributed by atoms with Gasteiger partial charge in [0.25, 0.3) is 0 Å². The van der Waals surface area contributed by atoms with Gasteiger partial charge in [0.1, 0.15) is 0 Å². The van der Waals surface area contributed by atoms with Crippen LogP contribution in [0.4, 0.5) is 0 Å². The van der Waals surface area contributed by atoms with E-state index >= 15 is 0 Å². The molecule has 0 aliphatic rings. The van der Waals surface area contributed by atoms with Crippen molar-refractivity contribution in [1.82, 2.24) is 4.90 Å². The van der Waals surface area contributed by atoms with Gasteiger partial charge < -0.3 is 10.0 Å². The highest BCUT2D eigenvalue weighted by molar-refractivity contribution is 9.10. The van der Waals surface area contributed by atoms with E-state index in [0.717, 1.165) is 15.6 Å². The zero-order valence-corrected chi connectivity index (χ0v) is 13.6. The lowest BCUT2D eigenvalue weighted by Gasteiger charge is -2.19. The van der Waals surface area contributed by atoms with Crippen LogP contribution in [0.2, 0.25) is 0 Å². The normalized spacial score (nSPS) is 12.0. The van der Waals surface area contributed by atoms with Crippen LogP contribution >= 0.6 is 15.9 Å². The minimum Gasteiger partial charge on any atom is -0.481 e. The first-order valence-corrected chi connectivity index (χ1v) is 7.32. The maximum atomic E-state index is 12.0. The molecule has 0 aliphatic heterocycles. The molecule has 0 heterocycles. The quantitative estimate of drug-likeness (QED) is 0.865. The molecule has 4 nitrogen and oxygen atoms in total. The third-order valence-corrected chi connectivity index (χ3v) is 4.13. The highest BCUT2D eigenvalue weighted by atomic mass is 79.9. The van der Waals surface area contributed by atoms with Crippen LogP contribution in [0.1, 0.15) is 24.5 Å². The number of hydrogen-bond donors (Lipinski definition) is 1. The Labute approximate surface area is 127 Å². The summed E-state index contributed by atoms with van der Waals surface area (Å²) in [5.74, 6) is -1.45. The molecule has 1 amide bonds. The summed E-state index contributed by atoms with van der Waals surface area (Å²) in [6, 6.07) is 6.02. The second-order valence-corrected chi connectivity index (χ2v) is 5.95. The molecule has 1 atom stereocenters. The molecule has 0 fully saturated rings. The number of halogens is 1. The molecule has 0 aromatic heterocycles. The summed E-state index contributed by atoms with van der Waals surface area (Å²) in [6.07, 6.45) is 1.06. The van der Waals surface area contributed by atoms with E-state index in [0.29, 0.717) is 12.8 Å². The van der Waals surface area contributed by atoms with Gasteiger partial charge in [-0.2, -0.15) is 0 Å². The summed E-state index contributed by atoms with van der Waals surface area (Å²) in [7, 11) is 1.65. The van der Waals surface area contributed by atoms with E-state index in [1.165, 1.54) is 4.90 Å². The highest BCUT2D eigenvalue weighted by Gasteiger charge is 2.17. The van der Waals surface area contributed by atoms with Crippen molar-refractivity contribution in [1.29, 1.82) is 0 Å². The van der Waals surface area contributed by atoms with Crippen molar-refractivity contribution < 1.29 is 14.7 Å². The smallest absolute Gasteiger partial charge is 0.308 e. The number of benzene rings is 1. The molecule has 0 radical (unpaired) electrons. The molecule has 0 bridgehead atoms. The number of aryl methyl sites for hydroxylation is 2. The van der Waals surface area contributed by atoms with Crippen molar-refractivity contribution in [3.63, 3.8) is 0 Å². The topological polar surface area (TPSA) is 57.6 Å². The van der Waals surface area contributed by atoms with Crippen molar-refractivity contribution >= 4 is 27.8 Å². The summed E-state index contributed by atoms with van der Waals surface area (Å²) in [5, 5.41) is 8.83. The van der Waals surface area contributed by atoms with E-state index < -0.39 is 11.9 Å².